The van der Waals surface area contributed by atoms with Gasteiger partial charge in [-0.1, -0.05) is 45.4 Å². The fourth-order valence-corrected chi connectivity index (χ4v) is 3.74. The number of aliphatic hydroxyl groups excluding tert-OH is 2. The van der Waals surface area contributed by atoms with E-state index in [0.29, 0.717) is 26.0 Å². The van der Waals surface area contributed by atoms with E-state index in [1.807, 2.05) is 6.92 Å². The van der Waals surface area contributed by atoms with Crippen molar-refractivity contribution in [2.45, 2.75) is 109 Å². The Hall–Kier alpha value is -1.14. The first-order chi connectivity index (χ1) is 13.0. The molecule has 1 amide bonds. The fourth-order valence-electron chi connectivity index (χ4n) is 3.74. The molecule has 1 aliphatic heterocycles. The van der Waals surface area contributed by atoms with E-state index in [1.165, 1.54) is 0 Å². The van der Waals surface area contributed by atoms with E-state index in [2.05, 4.69) is 6.92 Å². The van der Waals surface area contributed by atoms with Gasteiger partial charge in [-0.3, -0.25) is 9.59 Å². The predicted molar refractivity (Wildman–Crippen MR) is 105 cm³/mol. The number of esters is 1. The number of carbonyl (C=O) groups excluding carboxylic acids is 2. The van der Waals surface area contributed by atoms with Crippen LogP contribution in [0.4, 0.5) is 0 Å². The van der Waals surface area contributed by atoms with Gasteiger partial charge in [0.15, 0.2) is 0 Å². The molecular formula is C21H39NO5. The van der Waals surface area contributed by atoms with Crippen molar-refractivity contribution in [2.24, 2.45) is 0 Å². The molecule has 0 spiro atoms. The van der Waals surface area contributed by atoms with E-state index in [9.17, 15) is 19.8 Å². The smallest absolute Gasteiger partial charge is 0.305 e. The topological polar surface area (TPSA) is 87.1 Å². The highest BCUT2D eigenvalue weighted by Gasteiger charge is 2.37. The van der Waals surface area contributed by atoms with Crippen LogP contribution in [0.15, 0.2) is 0 Å². The van der Waals surface area contributed by atoms with E-state index in [1.54, 1.807) is 4.90 Å². The lowest BCUT2D eigenvalue weighted by Gasteiger charge is -2.27. The maximum Gasteiger partial charge on any atom is 0.305 e. The number of unbranched alkanes of at least 4 members (excludes halogenated alkanes) is 5. The summed E-state index contributed by atoms with van der Waals surface area (Å²) in [6.45, 7) is 4.90. The van der Waals surface area contributed by atoms with Gasteiger partial charge in [0.1, 0.15) is 0 Å². The Labute approximate surface area is 164 Å². The van der Waals surface area contributed by atoms with E-state index in [-0.39, 0.29) is 30.4 Å². The molecule has 3 unspecified atom stereocenters. The van der Waals surface area contributed by atoms with Crippen molar-refractivity contribution in [2.75, 3.05) is 13.2 Å². The van der Waals surface area contributed by atoms with Crippen LogP contribution in [0.1, 0.15) is 90.9 Å². The molecule has 0 saturated carbocycles. The van der Waals surface area contributed by atoms with Crippen LogP contribution in [-0.4, -0.2) is 58.4 Å². The van der Waals surface area contributed by atoms with Gasteiger partial charge in [-0.15, -0.1) is 0 Å². The predicted octanol–water partition coefficient (Wildman–Crippen LogP) is 3.18. The first kappa shape index (κ1) is 23.9. The molecule has 1 saturated heterocycles. The third-order valence-electron chi connectivity index (χ3n) is 5.33. The Morgan fingerprint density at radius 3 is 2.59 bits per heavy atom. The van der Waals surface area contributed by atoms with Crippen molar-refractivity contribution < 1.29 is 24.5 Å². The number of carbonyl (C=O) groups is 2. The molecule has 6 nitrogen and oxygen atoms in total. The third kappa shape index (κ3) is 9.56. The maximum absolute atomic E-state index is 12.2. The average molecular weight is 386 g/mol. The Morgan fingerprint density at radius 2 is 1.89 bits per heavy atom. The number of nitrogens with zero attached hydrogens (tertiary/aromatic N) is 1. The first-order valence-corrected chi connectivity index (χ1v) is 10.8. The lowest BCUT2D eigenvalue weighted by molar-refractivity contribution is -0.143. The molecule has 1 rings (SSSR count). The van der Waals surface area contributed by atoms with Gasteiger partial charge in [0, 0.05) is 13.0 Å². The number of likely N-dealkylation sites (tertiary alicyclic amines) is 1. The second kappa shape index (κ2) is 13.9. The summed E-state index contributed by atoms with van der Waals surface area (Å²) in [5, 5.41) is 20.3. The summed E-state index contributed by atoms with van der Waals surface area (Å²) in [6.07, 6.45) is 8.76. The minimum Gasteiger partial charge on any atom is -0.466 e. The summed E-state index contributed by atoms with van der Waals surface area (Å²) in [6, 6.07) is -0.134. The Morgan fingerprint density at radius 1 is 1.15 bits per heavy atom. The van der Waals surface area contributed by atoms with Crippen LogP contribution < -0.4 is 0 Å². The average Bonchev–Trinajstić information content (AvgIpc) is 2.89. The molecule has 1 heterocycles. The van der Waals surface area contributed by atoms with Crippen LogP contribution >= 0.6 is 0 Å². The van der Waals surface area contributed by atoms with Gasteiger partial charge in [0.2, 0.25) is 5.91 Å². The molecule has 6 heteroatoms. The summed E-state index contributed by atoms with van der Waals surface area (Å²) < 4.78 is 4.91. The second-order valence-electron chi connectivity index (χ2n) is 7.62. The van der Waals surface area contributed by atoms with Gasteiger partial charge < -0.3 is 19.8 Å². The van der Waals surface area contributed by atoms with Gasteiger partial charge >= 0.3 is 5.97 Å². The van der Waals surface area contributed by atoms with Crippen molar-refractivity contribution in [1.82, 2.24) is 4.90 Å². The Bertz CT molecular complexity index is 429. The highest BCUT2D eigenvalue weighted by Crippen LogP contribution is 2.25. The third-order valence-corrected chi connectivity index (χ3v) is 5.33. The molecule has 0 aromatic carbocycles. The number of ether oxygens (including phenoxy) is 1. The molecule has 0 radical (unpaired) electrons. The molecule has 2 N–H and O–H groups in total. The highest BCUT2D eigenvalue weighted by molar-refractivity contribution is 5.79. The van der Waals surface area contributed by atoms with E-state index < -0.39 is 6.10 Å². The standard InChI is InChI=1S/C21H39NO5/c1-3-5-8-11-17(23)14-15-22-18(19(24)16-20(22)25)12-9-6-7-10-13-21(26)27-4-2/h17-19,23-24H,3-16H2,1-2H3. The van der Waals surface area contributed by atoms with Crippen LogP contribution in [0.25, 0.3) is 0 Å². The molecule has 0 aliphatic carbocycles. The number of aliphatic hydroxyl groups is 2. The molecule has 0 aromatic heterocycles. The van der Waals surface area contributed by atoms with Crippen molar-refractivity contribution in [3.05, 3.63) is 0 Å². The van der Waals surface area contributed by atoms with Gasteiger partial charge in [-0.2, -0.15) is 0 Å². The van der Waals surface area contributed by atoms with Crippen LogP contribution in [0.5, 0.6) is 0 Å². The number of hydrogen-bond donors (Lipinski definition) is 2. The SMILES string of the molecule is CCCCCC(O)CCN1C(=O)CC(O)C1CCCCCCC(=O)OCC. The van der Waals surface area contributed by atoms with Crippen molar-refractivity contribution >= 4 is 11.9 Å². The summed E-state index contributed by atoms with van der Waals surface area (Å²) in [5.41, 5.74) is 0. The first-order valence-electron chi connectivity index (χ1n) is 10.8. The zero-order chi connectivity index (χ0) is 20.1. The molecule has 27 heavy (non-hydrogen) atoms. The van der Waals surface area contributed by atoms with Gasteiger partial charge in [0.25, 0.3) is 0 Å². The minimum absolute atomic E-state index is 0.00410. The number of rotatable bonds is 15. The molecule has 0 aromatic rings. The largest absolute Gasteiger partial charge is 0.466 e. The second-order valence-corrected chi connectivity index (χ2v) is 7.62. The molecule has 158 valence electrons. The highest BCUT2D eigenvalue weighted by atomic mass is 16.5. The number of hydrogen-bond acceptors (Lipinski definition) is 5. The summed E-state index contributed by atoms with van der Waals surface area (Å²) in [7, 11) is 0. The molecule has 0 bridgehead atoms. The summed E-state index contributed by atoms with van der Waals surface area (Å²) >= 11 is 0. The Balaban J connectivity index is 2.26. The summed E-state index contributed by atoms with van der Waals surface area (Å²) in [4.78, 5) is 25.2. The Kier molecular flexibility index (Phi) is 12.3. The van der Waals surface area contributed by atoms with Crippen LogP contribution in [0.2, 0.25) is 0 Å². The van der Waals surface area contributed by atoms with E-state index >= 15 is 0 Å². The zero-order valence-corrected chi connectivity index (χ0v) is 17.2. The minimum atomic E-state index is -0.603. The van der Waals surface area contributed by atoms with Crippen molar-refractivity contribution in [3.63, 3.8) is 0 Å². The van der Waals surface area contributed by atoms with Crippen molar-refractivity contribution in [1.29, 1.82) is 0 Å². The van der Waals surface area contributed by atoms with Crippen molar-refractivity contribution in [3.8, 4) is 0 Å². The van der Waals surface area contributed by atoms with Crippen LogP contribution in [0, 0.1) is 0 Å². The lowest BCUT2D eigenvalue weighted by Crippen LogP contribution is -2.38. The van der Waals surface area contributed by atoms with Gasteiger partial charge in [-0.25, -0.2) is 0 Å². The molecule has 3 atom stereocenters. The molecule has 1 fully saturated rings. The molecule has 1 aliphatic rings. The summed E-state index contributed by atoms with van der Waals surface area (Å²) in [5.74, 6) is -0.145. The monoisotopic (exact) mass is 385 g/mol. The molecular weight excluding hydrogens is 346 g/mol. The van der Waals surface area contributed by atoms with Gasteiger partial charge in [0.05, 0.1) is 31.3 Å². The zero-order valence-electron chi connectivity index (χ0n) is 17.2. The fraction of sp³-hybridized carbons (Fsp3) is 0.905. The van der Waals surface area contributed by atoms with Crippen LogP contribution in [-0.2, 0) is 14.3 Å². The maximum atomic E-state index is 12.2. The normalized spacial score (nSPS) is 20.9. The van der Waals surface area contributed by atoms with E-state index in [4.69, 9.17) is 4.74 Å². The van der Waals surface area contributed by atoms with Gasteiger partial charge in [-0.05, 0) is 32.6 Å². The quantitative estimate of drug-likeness (QED) is 0.334. The van der Waals surface area contributed by atoms with Crippen LogP contribution in [0.3, 0.4) is 0 Å². The number of amides is 1. The van der Waals surface area contributed by atoms with E-state index in [0.717, 1.165) is 57.8 Å². The lowest BCUT2D eigenvalue weighted by atomic mass is 10.0.